The van der Waals surface area contributed by atoms with Gasteiger partial charge < -0.3 is 10.1 Å². The molecule has 1 N–H and O–H groups in total. The van der Waals surface area contributed by atoms with Crippen molar-refractivity contribution in [1.29, 1.82) is 0 Å². The molecule has 3 aromatic heterocycles. The molecule has 1 aromatic carbocycles. The van der Waals surface area contributed by atoms with Crippen LogP contribution in [0.2, 0.25) is 0 Å². The molecule has 0 bridgehead atoms. The van der Waals surface area contributed by atoms with Crippen LogP contribution in [0.15, 0.2) is 48.9 Å². The van der Waals surface area contributed by atoms with Gasteiger partial charge in [0.1, 0.15) is 10.6 Å². The molecule has 0 unspecified atom stereocenters. The summed E-state index contributed by atoms with van der Waals surface area (Å²) in [6.07, 6.45) is -0.117. The fourth-order valence-corrected chi connectivity index (χ4v) is 3.70. The third kappa shape index (κ3) is 4.82. The van der Waals surface area contributed by atoms with Crippen molar-refractivity contribution in [1.82, 2.24) is 24.7 Å². The Kier molecular flexibility index (Phi) is 5.59. The molecule has 160 valence electrons. The Morgan fingerprint density at radius 3 is 2.58 bits per heavy atom. The summed E-state index contributed by atoms with van der Waals surface area (Å²) >= 11 is 0.501. The number of nitrogens with zero attached hydrogens (tertiary/aromatic N) is 5. The number of nitrogens with one attached hydrogen (secondary N) is 1. The summed E-state index contributed by atoms with van der Waals surface area (Å²) in [6.45, 7) is 2.16. The number of hydrogen-bond acceptors (Lipinski definition) is 7. The van der Waals surface area contributed by atoms with Crippen molar-refractivity contribution >= 4 is 22.4 Å². The summed E-state index contributed by atoms with van der Waals surface area (Å²) in [6, 6.07) is 9.05. The van der Waals surface area contributed by atoms with Crippen LogP contribution in [0.1, 0.15) is 16.1 Å². The lowest BCUT2D eigenvalue weighted by molar-refractivity contribution is -0.134. The van der Waals surface area contributed by atoms with E-state index in [0.29, 0.717) is 23.6 Å². The van der Waals surface area contributed by atoms with Crippen LogP contribution in [0.25, 0.3) is 11.3 Å². The predicted octanol–water partition coefficient (Wildman–Crippen LogP) is 4.92. The molecule has 4 rings (SSSR count). The number of anilines is 2. The van der Waals surface area contributed by atoms with E-state index in [9.17, 15) is 13.2 Å². The lowest BCUT2D eigenvalue weighted by atomic mass is 10.2. The predicted molar refractivity (Wildman–Crippen MR) is 110 cm³/mol. The van der Waals surface area contributed by atoms with Crippen molar-refractivity contribution in [3.8, 4) is 17.0 Å². The molecule has 0 radical (unpaired) electrons. The number of benzene rings is 1. The Morgan fingerprint density at radius 1 is 1.13 bits per heavy atom. The van der Waals surface area contributed by atoms with Crippen LogP contribution >= 0.6 is 11.3 Å². The van der Waals surface area contributed by atoms with Crippen LogP contribution in [-0.4, -0.2) is 31.8 Å². The first-order chi connectivity index (χ1) is 14.8. The number of hydrogen-bond donors (Lipinski definition) is 1. The minimum Gasteiger partial charge on any atom is -0.497 e. The molecular weight excluding hydrogens is 429 g/mol. The second-order valence-electron chi connectivity index (χ2n) is 6.62. The Hall–Kier alpha value is -3.47. The van der Waals surface area contributed by atoms with Crippen molar-refractivity contribution in [3.63, 3.8) is 0 Å². The number of ether oxygens (including phenoxy) is 1. The Labute approximate surface area is 179 Å². The van der Waals surface area contributed by atoms with Crippen LogP contribution in [0.4, 0.5) is 24.3 Å². The van der Waals surface area contributed by atoms with E-state index < -0.39 is 11.1 Å². The van der Waals surface area contributed by atoms with Gasteiger partial charge in [-0.2, -0.15) is 18.3 Å². The SMILES string of the molecule is COc1ccc(Cn2cc(-c3nc(Nc4nccc(C)n4)sc3C(F)(F)F)cn2)cc1. The van der Waals surface area contributed by atoms with Gasteiger partial charge in [-0.25, -0.2) is 15.0 Å². The van der Waals surface area contributed by atoms with Gasteiger partial charge in [0.15, 0.2) is 5.13 Å². The number of halogens is 3. The monoisotopic (exact) mass is 446 g/mol. The molecule has 0 aliphatic heterocycles. The van der Waals surface area contributed by atoms with Crippen molar-refractivity contribution in [2.24, 2.45) is 0 Å². The third-order valence-electron chi connectivity index (χ3n) is 4.31. The van der Waals surface area contributed by atoms with E-state index in [4.69, 9.17) is 4.74 Å². The molecule has 0 spiro atoms. The number of aromatic nitrogens is 5. The first kappa shape index (κ1) is 20.8. The molecule has 0 amide bonds. The highest BCUT2D eigenvalue weighted by atomic mass is 32.1. The fraction of sp³-hybridized carbons (Fsp3) is 0.200. The minimum atomic E-state index is -4.56. The molecule has 0 aliphatic rings. The average Bonchev–Trinajstić information content (AvgIpc) is 3.35. The van der Waals surface area contributed by atoms with Gasteiger partial charge in [-0.1, -0.05) is 23.5 Å². The quantitative estimate of drug-likeness (QED) is 0.453. The van der Waals surface area contributed by atoms with Crippen LogP contribution in [0.3, 0.4) is 0 Å². The molecule has 7 nitrogen and oxygen atoms in total. The largest absolute Gasteiger partial charge is 0.497 e. The van der Waals surface area contributed by atoms with Crippen LogP contribution in [0, 0.1) is 6.92 Å². The summed E-state index contributed by atoms with van der Waals surface area (Å²) in [5.41, 5.74) is 1.71. The summed E-state index contributed by atoms with van der Waals surface area (Å²) in [5, 5.41) is 7.00. The molecule has 3 heterocycles. The second-order valence-corrected chi connectivity index (χ2v) is 7.61. The van der Waals surface area contributed by atoms with E-state index in [1.807, 2.05) is 24.3 Å². The lowest BCUT2D eigenvalue weighted by Crippen LogP contribution is -2.03. The maximum atomic E-state index is 13.6. The lowest BCUT2D eigenvalue weighted by Gasteiger charge is -2.05. The van der Waals surface area contributed by atoms with Gasteiger partial charge in [-0.05, 0) is 30.7 Å². The number of alkyl halides is 3. The maximum Gasteiger partial charge on any atom is 0.427 e. The zero-order valence-corrected chi connectivity index (χ0v) is 17.3. The van der Waals surface area contributed by atoms with Crippen molar-refractivity contribution in [3.05, 3.63) is 65.1 Å². The van der Waals surface area contributed by atoms with Crippen molar-refractivity contribution in [2.75, 3.05) is 12.4 Å². The molecule has 0 atom stereocenters. The van der Waals surface area contributed by atoms with Gasteiger partial charge in [-0.15, -0.1) is 0 Å². The highest BCUT2D eigenvalue weighted by Gasteiger charge is 2.38. The summed E-state index contributed by atoms with van der Waals surface area (Å²) < 4.78 is 47.6. The molecular formula is C20H17F3N6OS. The van der Waals surface area contributed by atoms with Gasteiger partial charge in [0, 0.05) is 23.7 Å². The van der Waals surface area contributed by atoms with Gasteiger partial charge in [0.25, 0.3) is 0 Å². The van der Waals surface area contributed by atoms with E-state index in [0.717, 1.165) is 11.3 Å². The van der Waals surface area contributed by atoms with Gasteiger partial charge in [0.2, 0.25) is 5.95 Å². The second kappa shape index (κ2) is 8.34. The topological polar surface area (TPSA) is 77.8 Å². The summed E-state index contributed by atoms with van der Waals surface area (Å²) in [4.78, 5) is 11.5. The van der Waals surface area contributed by atoms with Crippen LogP contribution in [0.5, 0.6) is 5.75 Å². The van der Waals surface area contributed by atoms with Gasteiger partial charge >= 0.3 is 6.18 Å². The first-order valence-corrected chi connectivity index (χ1v) is 9.94. The number of aryl methyl sites for hydroxylation is 1. The zero-order valence-electron chi connectivity index (χ0n) is 16.5. The van der Waals surface area contributed by atoms with E-state index in [2.05, 4.69) is 25.4 Å². The molecule has 0 aliphatic carbocycles. The molecule has 11 heteroatoms. The van der Waals surface area contributed by atoms with E-state index in [-0.39, 0.29) is 22.3 Å². The highest BCUT2D eigenvalue weighted by Crippen LogP contribution is 2.42. The molecule has 0 saturated carbocycles. The van der Waals surface area contributed by atoms with Crippen molar-refractivity contribution in [2.45, 2.75) is 19.6 Å². The Balaban J connectivity index is 1.61. The summed E-state index contributed by atoms with van der Waals surface area (Å²) in [7, 11) is 1.58. The van der Waals surface area contributed by atoms with Crippen LogP contribution < -0.4 is 10.1 Å². The number of rotatable bonds is 6. The fourth-order valence-electron chi connectivity index (χ4n) is 2.86. The van der Waals surface area contributed by atoms with Crippen molar-refractivity contribution < 1.29 is 17.9 Å². The Bertz CT molecular complexity index is 1190. The third-order valence-corrected chi connectivity index (χ3v) is 5.32. The average molecular weight is 446 g/mol. The van der Waals surface area contributed by atoms with E-state index in [1.54, 1.807) is 31.0 Å². The zero-order chi connectivity index (χ0) is 22.0. The molecule has 4 aromatic rings. The number of thiazole rings is 1. The first-order valence-electron chi connectivity index (χ1n) is 9.12. The van der Waals surface area contributed by atoms with Gasteiger partial charge in [0.05, 0.1) is 25.5 Å². The molecule has 0 saturated heterocycles. The minimum absolute atomic E-state index is 0.0517. The maximum absolute atomic E-state index is 13.6. The molecule has 31 heavy (non-hydrogen) atoms. The summed E-state index contributed by atoms with van der Waals surface area (Å²) in [5.74, 6) is 0.907. The van der Waals surface area contributed by atoms with Gasteiger partial charge in [-0.3, -0.25) is 4.68 Å². The molecule has 0 fully saturated rings. The highest BCUT2D eigenvalue weighted by molar-refractivity contribution is 7.16. The number of methoxy groups -OCH3 is 1. The normalized spacial score (nSPS) is 11.5. The Morgan fingerprint density at radius 2 is 1.90 bits per heavy atom. The standard InChI is InChI=1S/C20H17F3N6OS/c1-12-7-8-24-18(26-12)28-19-27-16(17(31-19)20(21,22)23)14-9-25-29(11-14)10-13-3-5-15(30-2)6-4-13/h3-9,11H,10H2,1-2H3,(H,24,26,27,28). The van der Waals surface area contributed by atoms with E-state index >= 15 is 0 Å². The smallest absolute Gasteiger partial charge is 0.427 e. The van der Waals surface area contributed by atoms with Crippen LogP contribution in [-0.2, 0) is 12.7 Å². The van der Waals surface area contributed by atoms with E-state index in [1.165, 1.54) is 12.4 Å².